The van der Waals surface area contributed by atoms with E-state index in [0.717, 1.165) is 16.2 Å². The fourth-order valence-corrected chi connectivity index (χ4v) is 4.33. The summed E-state index contributed by atoms with van der Waals surface area (Å²) in [4.78, 5) is 32.6. The predicted molar refractivity (Wildman–Crippen MR) is 112 cm³/mol. The van der Waals surface area contributed by atoms with Gasteiger partial charge in [0.2, 0.25) is 0 Å². The summed E-state index contributed by atoms with van der Waals surface area (Å²) in [6, 6.07) is -1.12. The van der Waals surface area contributed by atoms with Gasteiger partial charge in [0.1, 0.15) is 5.60 Å². The number of nitrogens with zero attached hydrogens (tertiary/aromatic N) is 3. The molecule has 2 saturated heterocycles. The van der Waals surface area contributed by atoms with Gasteiger partial charge in [-0.3, -0.25) is 10.2 Å². The number of carbonyl (C=O) groups is 2. The molecule has 2 fully saturated rings. The average molecular weight is 462 g/mol. The van der Waals surface area contributed by atoms with Crippen molar-refractivity contribution in [3.05, 3.63) is 11.1 Å². The van der Waals surface area contributed by atoms with Gasteiger partial charge in [0, 0.05) is 25.3 Å². The van der Waals surface area contributed by atoms with Gasteiger partial charge in [0.05, 0.1) is 37.2 Å². The first-order valence-electron chi connectivity index (χ1n) is 10.1. The van der Waals surface area contributed by atoms with Crippen molar-refractivity contribution in [2.24, 2.45) is 0 Å². The molecule has 0 radical (unpaired) electrons. The van der Waals surface area contributed by atoms with Crippen LogP contribution < -0.4 is 10.6 Å². The van der Waals surface area contributed by atoms with Gasteiger partial charge in [0.25, 0.3) is 5.92 Å². The number of ether oxygens (including phenoxy) is 2. The zero-order valence-corrected chi connectivity index (χ0v) is 18.9. The number of amides is 3. The first-order chi connectivity index (χ1) is 14.4. The monoisotopic (exact) mass is 461 g/mol. The van der Waals surface area contributed by atoms with Crippen LogP contribution in [-0.2, 0) is 9.47 Å². The lowest BCUT2D eigenvalue weighted by Gasteiger charge is -2.42. The van der Waals surface area contributed by atoms with Crippen LogP contribution >= 0.6 is 11.3 Å². The van der Waals surface area contributed by atoms with Gasteiger partial charge in [-0.25, -0.2) is 23.4 Å². The quantitative estimate of drug-likeness (QED) is 0.700. The van der Waals surface area contributed by atoms with E-state index in [4.69, 9.17) is 9.47 Å². The first kappa shape index (κ1) is 23.6. The molecular weight excluding hydrogens is 432 g/mol. The molecular formula is C19H29F2N5O4S. The highest BCUT2D eigenvalue weighted by atomic mass is 32.1. The number of hydrogen-bond donors (Lipinski definition) is 2. The van der Waals surface area contributed by atoms with Crippen LogP contribution in [0, 0.1) is 0 Å². The van der Waals surface area contributed by atoms with E-state index in [9.17, 15) is 18.4 Å². The van der Waals surface area contributed by atoms with Crippen molar-refractivity contribution >= 4 is 28.6 Å². The van der Waals surface area contributed by atoms with Crippen LogP contribution in [0.15, 0.2) is 6.20 Å². The maximum atomic E-state index is 14.1. The number of carbonyl (C=O) groups excluding carboxylic acids is 2. The van der Waals surface area contributed by atoms with Crippen LogP contribution in [-0.4, -0.2) is 83.9 Å². The molecule has 9 nitrogen and oxygen atoms in total. The molecule has 0 spiro atoms. The highest BCUT2D eigenvalue weighted by Crippen LogP contribution is 2.33. The molecule has 0 saturated carbocycles. The Bertz CT molecular complexity index is 801. The molecule has 2 atom stereocenters. The van der Waals surface area contributed by atoms with E-state index in [0.29, 0.717) is 31.2 Å². The Kier molecular flexibility index (Phi) is 7.01. The summed E-state index contributed by atoms with van der Waals surface area (Å²) in [6.07, 6.45) is 0.849. The van der Waals surface area contributed by atoms with Crippen molar-refractivity contribution < 1.29 is 27.8 Å². The minimum atomic E-state index is -3.04. The molecule has 1 unspecified atom stereocenters. The number of aromatic nitrogens is 1. The molecule has 12 heteroatoms. The van der Waals surface area contributed by atoms with E-state index < -0.39 is 42.8 Å². The van der Waals surface area contributed by atoms with Crippen LogP contribution in [0.4, 0.5) is 23.5 Å². The van der Waals surface area contributed by atoms with Gasteiger partial charge in [0.15, 0.2) is 5.13 Å². The van der Waals surface area contributed by atoms with E-state index in [-0.39, 0.29) is 11.2 Å². The molecule has 3 amide bonds. The lowest BCUT2D eigenvalue weighted by atomic mass is 10.1. The molecule has 3 rings (SSSR count). The highest BCUT2D eigenvalue weighted by Gasteiger charge is 2.43. The number of thiazole rings is 1. The Labute approximate surface area is 184 Å². The van der Waals surface area contributed by atoms with E-state index in [2.05, 4.69) is 20.5 Å². The Morgan fingerprint density at radius 3 is 2.94 bits per heavy atom. The third-order valence-electron chi connectivity index (χ3n) is 4.91. The third kappa shape index (κ3) is 6.47. The molecule has 2 aliphatic heterocycles. The SMILES string of the molecule is C[C@H]1COCCN1CC(c1cnc(NC(=O)OC(C)(C)C)s1)N1CC(F)(F)CNC1=O. The van der Waals surface area contributed by atoms with E-state index >= 15 is 0 Å². The smallest absolute Gasteiger partial charge is 0.413 e. The maximum Gasteiger partial charge on any atom is 0.413 e. The second-order valence-electron chi connectivity index (χ2n) is 8.77. The van der Waals surface area contributed by atoms with E-state index in [1.165, 1.54) is 6.20 Å². The number of nitrogens with one attached hydrogen (secondary N) is 2. The van der Waals surface area contributed by atoms with Gasteiger partial charge < -0.3 is 19.7 Å². The summed E-state index contributed by atoms with van der Waals surface area (Å²) in [5, 5.41) is 5.11. The summed E-state index contributed by atoms with van der Waals surface area (Å²) in [6.45, 7) is 7.90. The van der Waals surface area contributed by atoms with Crippen molar-refractivity contribution in [3.8, 4) is 0 Å². The topological polar surface area (TPSA) is 96.0 Å². The zero-order chi connectivity index (χ0) is 22.8. The van der Waals surface area contributed by atoms with E-state index in [1.54, 1.807) is 20.8 Å². The number of hydrogen-bond acceptors (Lipinski definition) is 7. The van der Waals surface area contributed by atoms with Gasteiger partial charge >= 0.3 is 12.1 Å². The fraction of sp³-hybridized carbons (Fsp3) is 0.737. The van der Waals surface area contributed by atoms with Gasteiger partial charge in [-0.1, -0.05) is 11.3 Å². The van der Waals surface area contributed by atoms with Crippen LogP contribution in [0.1, 0.15) is 38.6 Å². The van der Waals surface area contributed by atoms with Crippen LogP contribution in [0.2, 0.25) is 0 Å². The summed E-state index contributed by atoms with van der Waals surface area (Å²) < 4.78 is 38.9. The fourth-order valence-electron chi connectivity index (χ4n) is 3.42. The van der Waals surface area contributed by atoms with Crippen LogP contribution in [0.5, 0.6) is 0 Å². The molecule has 3 heterocycles. The van der Waals surface area contributed by atoms with Crippen LogP contribution in [0.3, 0.4) is 0 Å². The standard InChI is InChI=1S/C19H29F2N5O4S/c1-12-9-29-6-5-25(12)8-13(26-11-19(20,21)10-23-16(26)27)14-7-22-15(31-14)24-17(28)30-18(2,3)4/h7,12-13H,5-6,8-11H2,1-4H3,(H,23,27)(H,22,24,28)/t12-,13?/m0/s1. The third-order valence-corrected chi connectivity index (χ3v) is 5.92. The molecule has 31 heavy (non-hydrogen) atoms. The van der Waals surface area contributed by atoms with Crippen molar-refractivity contribution in [1.82, 2.24) is 20.1 Å². The highest BCUT2D eigenvalue weighted by molar-refractivity contribution is 7.15. The molecule has 0 aliphatic carbocycles. The Balaban J connectivity index is 1.81. The van der Waals surface area contributed by atoms with Crippen molar-refractivity contribution in [1.29, 1.82) is 0 Å². The second-order valence-corrected chi connectivity index (χ2v) is 9.83. The summed E-state index contributed by atoms with van der Waals surface area (Å²) in [5.74, 6) is -3.04. The number of halogens is 2. The largest absolute Gasteiger partial charge is 0.444 e. The molecule has 0 bridgehead atoms. The van der Waals surface area contributed by atoms with Gasteiger partial charge in [-0.15, -0.1) is 0 Å². The lowest BCUT2D eigenvalue weighted by molar-refractivity contribution is -0.0547. The Morgan fingerprint density at radius 1 is 1.52 bits per heavy atom. The molecule has 1 aromatic rings. The Hall–Kier alpha value is -2.05. The summed E-state index contributed by atoms with van der Waals surface area (Å²) in [7, 11) is 0. The number of alkyl halides is 2. The first-order valence-corrected chi connectivity index (χ1v) is 10.9. The molecule has 1 aromatic heterocycles. The second kappa shape index (κ2) is 9.21. The summed E-state index contributed by atoms with van der Waals surface area (Å²) >= 11 is 1.13. The maximum absolute atomic E-state index is 14.1. The molecule has 0 aromatic carbocycles. The van der Waals surface area contributed by atoms with Gasteiger partial charge in [-0.05, 0) is 27.7 Å². The normalized spacial score (nSPS) is 23.2. The predicted octanol–water partition coefficient (Wildman–Crippen LogP) is 2.91. The number of rotatable bonds is 5. The number of urea groups is 1. The van der Waals surface area contributed by atoms with E-state index in [1.807, 2.05) is 6.92 Å². The average Bonchev–Trinajstić information content (AvgIpc) is 3.09. The lowest BCUT2D eigenvalue weighted by Crippen LogP contribution is -2.59. The molecule has 174 valence electrons. The van der Waals surface area contributed by atoms with Crippen molar-refractivity contribution in [2.45, 2.75) is 51.3 Å². The minimum Gasteiger partial charge on any atom is -0.444 e. The molecule has 2 aliphatic rings. The number of anilines is 1. The van der Waals surface area contributed by atoms with Crippen molar-refractivity contribution in [3.63, 3.8) is 0 Å². The van der Waals surface area contributed by atoms with Gasteiger partial charge in [-0.2, -0.15) is 0 Å². The summed E-state index contributed by atoms with van der Waals surface area (Å²) in [5.41, 5.74) is -0.670. The Morgan fingerprint density at radius 2 is 2.26 bits per heavy atom. The van der Waals surface area contributed by atoms with Crippen molar-refractivity contribution in [2.75, 3.05) is 44.7 Å². The zero-order valence-electron chi connectivity index (χ0n) is 18.1. The molecule has 2 N–H and O–H groups in total. The minimum absolute atomic E-state index is 0.0805. The van der Waals surface area contributed by atoms with Crippen LogP contribution in [0.25, 0.3) is 0 Å². The number of morpholine rings is 1.